The molecule has 0 aliphatic carbocycles. The molecular formula is C16H15N3O2. The van der Waals surface area contributed by atoms with E-state index in [9.17, 15) is 4.79 Å². The minimum atomic E-state index is -0.251. The number of hydrogen-bond acceptors (Lipinski definition) is 4. The van der Waals surface area contributed by atoms with Gasteiger partial charge in [-0.25, -0.2) is 0 Å². The number of nitrogens with zero attached hydrogens (tertiary/aromatic N) is 3. The minimum Gasteiger partial charge on any atom is -0.464 e. The molecule has 0 spiro atoms. The summed E-state index contributed by atoms with van der Waals surface area (Å²) in [6, 6.07) is 7.72. The smallest absolute Gasteiger partial charge is 0.228 e. The third-order valence-electron chi connectivity index (χ3n) is 3.56. The Morgan fingerprint density at radius 2 is 1.90 bits per heavy atom. The molecule has 2 aromatic rings. The summed E-state index contributed by atoms with van der Waals surface area (Å²) >= 11 is 0. The molecule has 0 N–H and O–H groups in total. The minimum absolute atomic E-state index is 0.0830. The van der Waals surface area contributed by atoms with E-state index in [0.717, 1.165) is 27.7 Å². The molecule has 21 heavy (non-hydrogen) atoms. The monoisotopic (exact) mass is 281 g/mol. The second kappa shape index (κ2) is 6.11. The summed E-state index contributed by atoms with van der Waals surface area (Å²) in [6.07, 6.45) is 1.70. The van der Waals surface area contributed by atoms with Crippen LogP contribution in [0.3, 0.4) is 0 Å². The van der Waals surface area contributed by atoms with E-state index in [1.807, 2.05) is 38.1 Å². The van der Waals surface area contributed by atoms with Crippen molar-refractivity contribution in [3.05, 3.63) is 35.1 Å². The summed E-state index contributed by atoms with van der Waals surface area (Å²) in [6.45, 7) is 3.81. The molecule has 0 saturated heterocycles. The Morgan fingerprint density at radius 1 is 1.24 bits per heavy atom. The summed E-state index contributed by atoms with van der Waals surface area (Å²) in [5.74, 6) is -0.251. The highest BCUT2D eigenvalue weighted by Crippen LogP contribution is 2.27. The number of amides is 1. The first-order chi connectivity index (χ1) is 10.1. The third kappa shape index (κ3) is 2.88. The second-order valence-electron chi connectivity index (χ2n) is 4.89. The van der Waals surface area contributed by atoms with Crippen LogP contribution in [0.5, 0.6) is 0 Å². The molecule has 0 aliphatic rings. The van der Waals surface area contributed by atoms with E-state index in [2.05, 4.69) is 0 Å². The van der Waals surface area contributed by atoms with Crippen LogP contribution in [0, 0.1) is 36.5 Å². The highest BCUT2D eigenvalue weighted by molar-refractivity contribution is 5.89. The van der Waals surface area contributed by atoms with Gasteiger partial charge in [0.2, 0.25) is 5.91 Å². The van der Waals surface area contributed by atoms with Gasteiger partial charge in [-0.05, 0) is 25.0 Å². The van der Waals surface area contributed by atoms with Crippen LogP contribution in [0.1, 0.15) is 16.7 Å². The molecular weight excluding hydrogens is 266 g/mol. The fourth-order valence-corrected chi connectivity index (χ4v) is 2.20. The van der Waals surface area contributed by atoms with E-state index in [4.69, 9.17) is 14.9 Å². The molecule has 0 saturated carbocycles. The topological polar surface area (TPSA) is 81.0 Å². The second-order valence-corrected chi connectivity index (χ2v) is 4.89. The van der Waals surface area contributed by atoms with Gasteiger partial charge in [0.25, 0.3) is 0 Å². The lowest BCUT2D eigenvalue weighted by atomic mass is 10.0. The average molecular weight is 281 g/mol. The van der Waals surface area contributed by atoms with Crippen LogP contribution >= 0.6 is 0 Å². The first-order valence-corrected chi connectivity index (χ1v) is 6.56. The van der Waals surface area contributed by atoms with E-state index in [1.54, 1.807) is 6.26 Å². The summed E-state index contributed by atoms with van der Waals surface area (Å²) in [5, 5.41) is 18.3. The lowest BCUT2D eigenvalue weighted by Gasteiger charge is -2.15. The van der Waals surface area contributed by atoms with E-state index >= 15 is 0 Å². The number of carbonyl (C=O) groups excluding carboxylic acids is 1. The largest absolute Gasteiger partial charge is 0.464 e. The van der Waals surface area contributed by atoms with Crippen molar-refractivity contribution in [2.75, 3.05) is 13.1 Å². The molecule has 5 nitrogen and oxygen atoms in total. The first kappa shape index (κ1) is 14.6. The zero-order valence-electron chi connectivity index (χ0n) is 12.0. The maximum absolute atomic E-state index is 12.2. The van der Waals surface area contributed by atoms with Gasteiger partial charge in [-0.3, -0.25) is 4.79 Å². The van der Waals surface area contributed by atoms with Crippen molar-refractivity contribution in [3.63, 3.8) is 0 Å². The number of benzene rings is 1. The summed E-state index contributed by atoms with van der Waals surface area (Å²) in [4.78, 5) is 13.4. The lowest BCUT2D eigenvalue weighted by molar-refractivity contribution is -0.129. The zero-order chi connectivity index (χ0) is 15.4. The predicted octanol–water partition coefficient (Wildman–Crippen LogP) is 2.47. The number of aryl methyl sites for hydroxylation is 2. The van der Waals surface area contributed by atoms with Gasteiger partial charge in [0, 0.05) is 10.9 Å². The zero-order valence-corrected chi connectivity index (χ0v) is 12.0. The molecule has 0 aliphatic heterocycles. The standard InChI is InChI=1S/C16H15N3O2/c1-11-3-4-14-13(10-21-16(14)12(11)2)9-15(20)19(7-5-17)8-6-18/h3-4,10H,7-9H2,1-2H3. The van der Waals surface area contributed by atoms with Gasteiger partial charge in [-0.15, -0.1) is 0 Å². The van der Waals surface area contributed by atoms with Gasteiger partial charge in [0.1, 0.15) is 18.7 Å². The Bertz CT molecular complexity index is 746. The fourth-order valence-electron chi connectivity index (χ4n) is 2.20. The van der Waals surface area contributed by atoms with Gasteiger partial charge in [-0.1, -0.05) is 12.1 Å². The molecule has 1 amide bonds. The molecule has 1 aromatic heterocycles. The van der Waals surface area contributed by atoms with Crippen LogP contribution in [0.4, 0.5) is 0 Å². The SMILES string of the molecule is Cc1ccc2c(CC(=O)N(CC#N)CC#N)coc2c1C. The Kier molecular flexibility index (Phi) is 4.25. The van der Waals surface area contributed by atoms with Crippen LogP contribution in [0.25, 0.3) is 11.0 Å². The number of nitriles is 2. The summed E-state index contributed by atoms with van der Waals surface area (Å²) in [7, 11) is 0. The van der Waals surface area contributed by atoms with E-state index < -0.39 is 0 Å². The fraction of sp³-hybridized carbons (Fsp3) is 0.312. The van der Waals surface area contributed by atoms with Crippen molar-refractivity contribution in [2.24, 2.45) is 0 Å². The molecule has 0 unspecified atom stereocenters. The van der Waals surface area contributed by atoms with E-state index in [-0.39, 0.29) is 25.4 Å². The highest BCUT2D eigenvalue weighted by atomic mass is 16.3. The number of fused-ring (bicyclic) bond motifs is 1. The molecule has 0 fully saturated rings. The number of hydrogen-bond donors (Lipinski definition) is 0. The molecule has 2 rings (SSSR count). The molecule has 5 heteroatoms. The maximum Gasteiger partial charge on any atom is 0.228 e. The average Bonchev–Trinajstić information content (AvgIpc) is 2.86. The number of rotatable bonds is 4. The summed E-state index contributed by atoms with van der Waals surface area (Å²) in [5.41, 5.74) is 3.74. The van der Waals surface area contributed by atoms with Crippen molar-refractivity contribution >= 4 is 16.9 Å². The summed E-state index contributed by atoms with van der Waals surface area (Å²) < 4.78 is 5.56. The van der Waals surface area contributed by atoms with Gasteiger partial charge < -0.3 is 9.32 Å². The van der Waals surface area contributed by atoms with Gasteiger partial charge in [-0.2, -0.15) is 10.5 Å². The number of furan rings is 1. The van der Waals surface area contributed by atoms with Crippen LogP contribution in [0.2, 0.25) is 0 Å². The normalized spacial score (nSPS) is 10.1. The molecule has 0 atom stereocenters. The van der Waals surface area contributed by atoms with Crippen LogP contribution in [-0.2, 0) is 11.2 Å². The molecule has 106 valence electrons. The van der Waals surface area contributed by atoms with Crippen LogP contribution in [0.15, 0.2) is 22.8 Å². The quantitative estimate of drug-likeness (QED) is 0.806. The Morgan fingerprint density at radius 3 is 2.52 bits per heavy atom. The Labute approximate surface area is 123 Å². The van der Waals surface area contributed by atoms with Gasteiger partial charge in [0.05, 0.1) is 24.8 Å². The molecule has 0 radical (unpaired) electrons. The third-order valence-corrected chi connectivity index (χ3v) is 3.56. The van der Waals surface area contributed by atoms with Crippen LogP contribution < -0.4 is 0 Å². The number of carbonyl (C=O) groups is 1. The van der Waals surface area contributed by atoms with Crippen molar-refractivity contribution in [1.82, 2.24) is 4.90 Å². The maximum atomic E-state index is 12.2. The van der Waals surface area contributed by atoms with Gasteiger partial charge >= 0.3 is 0 Å². The molecule has 1 heterocycles. The highest BCUT2D eigenvalue weighted by Gasteiger charge is 2.17. The van der Waals surface area contributed by atoms with Crippen molar-refractivity contribution < 1.29 is 9.21 Å². The van der Waals surface area contributed by atoms with Crippen molar-refractivity contribution in [2.45, 2.75) is 20.3 Å². The van der Waals surface area contributed by atoms with Crippen molar-refractivity contribution in [1.29, 1.82) is 10.5 Å². The Hall–Kier alpha value is -2.79. The molecule has 0 bridgehead atoms. The predicted molar refractivity (Wildman–Crippen MR) is 77.2 cm³/mol. The molecule has 1 aromatic carbocycles. The van der Waals surface area contributed by atoms with E-state index in [0.29, 0.717) is 0 Å². The Balaban J connectivity index is 2.28. The van der Waals surface area contributed by atoms with Gasteiger partial charge in [0.15, 0.2) is 0 Å². The first-order valence-electron chi connectivity index (χ1n) is 6.56. The lowest BCUT2D eigenvalue weighted by Crippen LogP contribution is -2.32. The van der Waals surface area contributed by atoms with E-state index in [1.165, 1.54) is 4.90 Å². The van der Waals surface area contributed by atoms with Crippen LogP contribution in [-0.4, -0.2) is 23.9 Å². The van der Waals surface area contributed by atoms with Crippen molar-refractivity contribution in [3.8, 4) is 12.1 Å².